The first-order valence-corrected chi connectivity index (χ1v) is 9.09. The summed E-state index contributed by atoms with van der Waals surface area (Å²) in [7, 11) is 0. The molecule has 2 aliphatic rings. The van der Waals surface area contributed by atoms with E-state index in [-0.39, 0.29) is 0 Å². The summed E-state index contributed by atoms with van der Waals surface area (Å²) in [6.07, 6.45) is 5.16. The zero-order valence-electron chi connectivity index (χ0n) is 14.3. The third kappa shape index (κ3) is 2.42. The topological polar surface area (TPSA) is 3.24 Å². The number of rotatable bonds is 2. The lowest BCUT2D eigenvalue weighted by molar-refractivity contribution is 0.0307. The van der Waals surface area contributed by atoms with Crippen molar-refractivity contribution in [3.8, 4) is 0 Å². The van der Waals surface area contributed by atoms with Gasteiger partial charge in [0.1, 0.15) is 0 Å². The lowest BCUT2D eigenvalue weighted by atomic mass is 9.63. The highest BCUT2D eigenvalue weighted by molar-refractivity contribution is 5.39. The molecule has 1 saturated heterocycles. The first-order chi connectivity index (χ1) is 11.2. The minimum Gasteiger partial charge on any atom is -0.293 e. The highest BCUT2D eigenvalue weighted by Crippen LogP contribution is 2.47. The van der Waals surface area contributed by atoms with Crippen LogP contribution in [0.15, 0.2) is 54.6 Å². The van der Waals surface area contributed by atoms with Crippen LogP contribution in [0.5, 0.6) is 0 Å². The van der Waals surface area contributed by atoms with Gasteiger partial charge in [-0.2, -0.15) is 0 Å². The van der Waals surface area contributed by atoms with Crippen molar-refractivity contribution in [3.05, 3.63) is 71.3 Å². The molecule has 1 heterocycles. The van der Waals surface area contributed by atoms with Crippen molar-refractivity contribution in [1.82, 2.24) is 4.90 Å². The highest BCUT2D eigenvalue weighted by Gasteiger charge is 2.46. The fourth-order valence-corrected chi connectivity index (χ4v) is 5.09. The van der Waals surface area contributed by atoms with Crippen LogP contribution in [0.1, 0.15) is 55.8 Å². The summed E-state index contributed by atoms with van der Waals surface area (Å²) >= 11 is 0. The molecule has 120 valence electrons. The Morgan fingerprint density at radius 1 is 1.04 bits per heavy atom. The van der Waals surface area contributed by atoms with Crippen molar-refractivity contribution in [2.75, 3.05) is 6.54 Å². The molecule has 0 amide bonds. The molecule has 0 N–H and O–H groups in total. The number of piperidine rings is 1. The zero-order chi connectivity index (χ0) is 15.9. The second-order valence-electron chi connectivity index (χ2n) is 7.56. The van der Waals surface area contributed by atoms with E-state index in [1.807, 2.05) is 0 Å². The molecular formula is C22H27N. The summed E-state index contributed by atoms with van der Waals surface area (Å²) in [6.45, 7) is 6.14. The van der Waals surface area contributed by atoms with E-state index in [1.54, 1.807) is 11.1 Å². The summed E-state index contributed by atoms with van der Waals surface area (Å²) < 4.78 is 0. The van der Waals surface area contributed by atoms with Crippen LogP contribution in [0.2, 0.25) is 0 Å². The molecule has 0 saturated carbocycles. The molecule has 0 aromatic heterocycles. The van der Waals surface area contributed by atoms with Crippen LogP contribution in [0, 0.1) is 0 Å². The largest absolute Gasteiger partial charge is 0.293 e. The second-order valence-corrected chi connectivity index (χ2v) is 7.56. The maximum absolute atomic E-state index is 2.79. The first kappa shape index (κ1) is 15.0. The number of likely N-dealkylation sites (tertiary alicyclic amines) is 1. The molecule has 0 bridgehead atoms. The highest BCUT2D eigenvalue weighted by atomic mass is 15.2. The van der Waals surface area contributed by atoms with E-state index in [4.69, 9.17) is 0 Å². The number of hydrogen-bond donors (Lipinski definition) is 0. The molecule has 3 atom stereocenters. The molecule has 1 nitrogen and oxygen atoms in total. The number of nitrogens with zero attached hydrogens (tertiary/aromatic N) is 1. The molecule has 0 spiro atoms. The van der Waals surface area contributed by atoms with E-state index < -0.39 is 0 Å². The standard InChI is InChI=1S/C22H27N/c1-17(18-9-4-3-5-10-18)23-16-8-15-22(2)20-12-7-6-11-19(20)13-14-21(22)23/h3-7,9-12,17,21H,8,13-16H2,1-2H3/t17-,21-,22+/m0/s1. The fraction of sp³-hybridized carbons (Fsp3) is 0.455. The number of fused-ring (bicyclic) bond motifs is 3. The van der Waals surface area contributed by atoms with Crippen LogP contribution in [0.25, 0.3) is 0 Å². The minimum absolute atomic E-state index is 0.316. The van der Waals surface area contributed by atoms with Gasteiger partial charge in [-0.3, -0.25) is 4.90 Å². The Morgan fingerprint density at radius 2 is 1.78 bits per heavy atom. The summed E-state index contributed by atoms with van der Waals surface area (Å²) in [6, 6.07) is 21.4. The quantitative estimate of drug-likeness (QED) is 0.744. The lowest BCUT2D eigenvalue weighted by Gasteiger charge is -2.54. The van der Waals surface area contributed by atoms with Crippen molar-refractivity contribution in [3.63, 3.8) is 0 Å². The molecule has 1 heteroatoms. The van der Waals surface area contributed by atoms with Gasteiger partial charge in [-0.25, -0.2) is 0 Å². The Hall–Kier alpha value is -1.60. The summed E-state index contributed by atoms with van der Waals surface area (Å²) in [4.78, 5) is 2.79. The van der Waals surface area contributed by atoms with E-state index in [1.165, 1.54) is 37.8 Å². The molecule has 4 rings (SSSR count). The fourth-order valence-electron chi connectivity index (χ4n) is 5.09. The predicted molar refractivity (Wildman–Crippen MR) is 96.7 cm³/mol. The van der Waals surface area contributed by atoms with Gasteiger partial charge in [0.2, 0.25) is 0 Å². The third-order valence-corrected chi connectivity index (χ3v) is 6.35. The van der Waals surface area contributed by atoms with Crippen molar-refractivity contribution in [1.29, 1.82) is 0 Å². The van der Waals surface area contributed by atoms with E-state index in [9.17, 15) is 0 Å². The molecule has 0 unspecified atom stereocenters. The van der Waals surface area contributed by atoms with Crippen LogP contribution in [0.3, 0.4) is 0 Å². The van der Waals surface area contributed by atoms with E-state index in [0.717, 1.165) is 0 Å². The Kier molecular flexibility index (Phi) is 3.77. The maximum atomic E-state index is 2.79. The Balaban J connectivity index is 1.70. The summed E-state index contributed by atoms with van der Waals surface area (Å²) in [5.74, 6) is 0. The van der Waals surface area contributed by atoms with Crippen molar-refractivity contribution in [2.24, 2.45) is 0 Å². The Labute approximate surface area is 140 Å². The van der Waals surface area contributed by atoms with Gasteiger partial charge < -0.3 is 0 Å². The lowest BCUT2D eigenvalue weighted by Crippen LogP contribution is -2.56. The molecule has 2 aromatic rings. The van der Waals surface area contributed by atoms with Crippen LogP contribution in [-0.2, 0) is 11.8 Å². The van der Waals surface area contributed by atoms with Crippen LogP contribution < -0.4 is 0 Å². The van der Waals surface area contributed by atoms with E-state index >= 15 is 0 Å². The average Bonchev–Trinajstić information content (AvgIpc) is 2.61. The van der Waals surface area contributed by atoms with Gasteiger partial charge in [-0.05, 0) is 55.8 Å². The number of benzene rings is 2. The zero-order valence-corrected chi connectivity index (χ0v) is 14.3. The van der Waals surface area contributed by atoms with Gasteiger partial charge in [0.25, 0.3) is 0 Å². The Morgan fingerprint density at radius 3 is 2.61 bits per heavy atom. The van der Waals surface area contributed by atoms with Crippen LogP contribution >= 0.6 is 0 Å². The van der Waals surface area contributed by atoms with Crippen LogP contribution in [0.4, 0.5) is 0 Å². The average molecular weight is 305 g/mol. The Bertz CT molecular complexity index is 677. The number of hydrogen-bond acceptors (Lipinski definition) is 1. The summed E-state index contributed by atoms with van der Waals surface area (Å²) in [5, 5.41) is 0. The minimum atomic E-state index is 0.316. The predicted octanol–water partition coefficient (Wildman–Crippen LogP) is 5.12. The van der Waals surface area contributed by atoms with Gasteiger partial charge in [-0.15, -0.1) is 0 Å². The van der Waals surface area contributed by atoms with Gasteiger partial charge in [0.05, 0.1) is 0 Å². The maximum Gasteiger partial charge on any atom is 0.0323 e. The second kappa shape index (κ2) is 5.79. The molecule has 0 radical (unpaired) electrons. The molecule has 1 aliphatic heterocycles. The smallest absolute Gasteiger partial charge is 0.0323 e. The first-order valence-electron chi connectivity index (χ1n) is 9.09. The SMILES string of the molecule is C[C@@H](c1ccccc1)N1CCC[C@]2(C)c3ccccc3CC[C@H]12. The van der Waals surface area contributed by atoms with Gasteiger partial charge in [0, 0.05) is 17.5 Å². The van der Waals surface area contributed by atoms with Crippen molar-refractivity contribution in [2.45, 2.75) is 57.0 Å². The van der Waals surface area contributed by atoms with E-state index in [0.29, 0.717) is 17.5 Å². The van der Waals surface area contributed by atoms with Crippen LogP contribution in [-0.4, -0.2) is 17.5 Å². The summed E-state index contributed by atoms with van der Waals surface area (Å²) in [5.41, 5.74) is 4.97. The van der Waals surface area contributed by atoms with Crippen molar-refractivity contribution >= 4 is 0 Å². The third-order valence-electron chi connectivity index (χ3n) is 6.35. The molecule has 23 heavy (non-hydrogen) atoms. The normalized spacial score (nSPS) is 28.7. The number of aryl methyl sites for hydroxylation is 1. The molecular weight excluding hydrogens is 278 g/mol. The van der Waals surface area contributed by atoms with Gasteiger partial charge >= 0.3 is 0 Å². The molecule has 1 aliphatic carbocycles. The van der Waals surface area contributed by atoms with Gasteiger partial charge in [0.15, 0.2) is 0 Å². The molecule has 2 aromatic carbocycles. The van der Waals surface area contributed by atoms with Crippen molar-refractivity contribution < 1.29 is 0 Å². The van der Waals surface area contributed by atoms with Gasteiger partial charge in [-0.1, -0.05) is 61.5 Å². The monoisotopic (exact) mass is 305 g/mol. The molecule has 1 fully saturated rings. The van der Waals surface area contributed by atoms with E-state index in [2.05, 4.69) is 73.3 Å².